The number of nitrogens with one attached hydrogen (secondary N) is 2. The van der Waals surface area contributed by atoms with Gasteiger partial charge in [0.15, 0.2) is 0 Å². The predicted octanol–water partition coefficient (Wildman–Crippen LogP) is 2.84. The van der Waals surface area contributed by atoms with E-state index in [2.05, 4.69) is 39.8 Å². The highest BCUT2D eigenvalue weighted by Gasteiger charge is 2.30. The third-order valence-corrected chi connectivity index (χ3v) is 5.43. The van der Waals surface area contributed by atoms with E-state index in [1.54, 1.807) is 0 Å². The fraction of sp³-hybridized carbons (Fsp3) is 0.684. The van der Waals surface area contributed by atoms with Gasteiger partial charge in [0, 0.05) is 50.7 Å². The Morgan fingerprint density at radius 1 is 1.16 bits per heavy atom. The van der Waals surface area contributed by atoms with E-state index < -0.39 is 0 Å². The highest BCUT2D eigenvalue weighted by Crippen LogP contribution is 2.24. The van der Waals surface area contributed by atoms with Crippen LogP contribution in [-0.2, 0) is 6.54 Å². The molecule has 1 saturated carbocycles. The second kappa shape index (κ2) is 9.98. The van der Waals surface area contributed by atoms with E-state index in [4.69, 9.17) is 4.74 Å². The van der Waals surface area contributed by atoms with Crippen molar-refractivity contribution in [2.24, 2.45) is 5.92 Å². The summed E-state index contributed by atoms with van der Waals surface area (Å²) in [6, 6.07) is 10.1. The lowest BCUT2D eigenvalue weighted by molar-refractivity contribution is 0.0649. The van der Waals surface area contributed by atoms with Gasteiger partial charge in [-0.15, -0.1) is 24.8 Å². The van der Waals surface area contributed by atoms with Gasteiger partial charge in [0.2, 0.25) is 0 Å². The summed E-state index contributed by atoms with van der Waals surface area (Å²) >= 11 is 0. The SMILES string of the molecule is Cl.Cl.c1cc(CNC2CC2)cc(OC[C@@H]2CC[C@H]3CNCCN3C2)c1. The molecule has 0 unspecified atom stereocenters. The fourth-order valence-corrected chi connectivity index (χ4v) is 3.82. The monoisotopic (exact) mass is 387 g/mol. The zero-order chi connectivity index (χ0) is 15.5. The summed E-state index contributed by atoms with van der Waals surface area (Å²) in [5, 5.41) is 7.08. The molecule has 2 saturated heterocycles. The zero-order valence-electron chi connectivity index (χ0n) is 14.8. The van der Waals surface area contributed by atoms with Crippen LogP contribution in [0.1, 0.15) is 31.2 Å². The van der Waals surface area contributed by atoms with Crippen LogP contribution in [0.15, 0.2) is 24.3 Å². The molecule has 4 rings (SSSR count). The molecule has 0 aromatic heterocycles. The molecule has 4 nitrogen and oxygen atoms in total. The van der Waals surface area contributed by atoms with E-state index in [0.717, 1.165) is 37.5 Å². The molecule has 2 N–H and O–H groups in total. The maximum absolute atomic E-state index is 6.12. The van der Waals surface area contributed by atoms with Gasteiger partial charge in [-0.1, -0.05) is 12.1 Å². The van der Waals surface area contributed by atoms with E-state index in [0.29, 0.717) is 5.92 Å². The van der Waals surface area contributed by atoms with Crippen LogP contribution in [0, 0.1) is 5.92 Å². The first-order valence-corrected chi connectivity index (χ1v) is 9.27. The Labute approximate surface area is 163 Å². The van der Waals surface area contributed by atoms with E-state index >= 15 is 0 Å². The van der Waals surface area contributed by atoms with Crippen molar-refractivity contribution in [3.05, 3.63) is 29.8 Å². The Morgan fingerprint density at radius 3 is 2.88 bits per heavy atom. The van der Waals surface area contributed by atoms with Crippen LogP contribution in [-0.4, -0.2) is 49.8 Å². The van der Waals surface area contributed by atoms with Crippen molar-refractivity contribution < 1.29 is 4.74 Å². The number of hydrogen-bond acceptors (Lipinski definition) is 4. The third-order valence-electron chi connectivity index (χ3n) is 5.43. The normalized spacial score (nSPS) is 26.1. The van der Waals surface area contributed by atoms with Crippen molar-refractivity contribution >= 4 is 24.8 Å². The highest BCUT2D eigenvalue weighted by atomic mass is 35.5. The van der Waals surface area contributed by atoms with Crippen molar-refractivity contribution in [1.82, 2.24) is 15.5 Å². The number of rotatable bonds is 6. The number of piperidine rings is 1. The number of hydrogen-bond donors (Lipinski definition) is 2. The smallest absolute Gasteiger partial charge is 0.119 e. The Balaban J connectivity index is 0.00000113. The first-order chi connectivity index (χ1) is 11.4. The number of piperazine rings is 1. The number of fused-ring (bicyclic) bond motifs is 1. The van der Waals surface area contributed by atoms with Gasteiger partial charge in [0.25, 0.3) is 0 Å². The van der Waals surface area contributed by atoms with Crippen molar-refractivity contribution in [3.63, 3.8) is 0 Å². The largest absolute Gasteiger partial charge is 0.493 e. The molecule has 0 spiro atoms. The molecule has 1 aromatic rings. The molecule has 1 aromatic carbocycles. The molecule has 25 heavy (non-hydrogen) atoms. The van der Waals surface area contributed by atoms with E-state index in [1.165, 1.54) is 50.9 Å². The molecule has 142 valence electrons. The number of ether oxygens (including phenoxy) is 1. The van der Waals surface area contributed by atoms with Gasteiger partial charge >= 0.3 is 0 Å². The number of benzene rings is 1. The summed E-state index contributed by atoms with van der Waals surface area (Å²) in [4.78, 5) is 2.66. The summed E-state index contributed by atoms with van der Waals surface area (Å²) in [6.45, 7) is 6.53. The highest BCUT2D eigenvalue weighted by molar-refractivity contribution is 5.85. The Kier molecular flexibility index (Phi) is 8.30. The summed E-state index contributed by atoms with van der Waals surface area (Å²) in [5.41, 5.74) is 1.33. The molecule has 0 bridgehead atoms. The molecule has 2 aliphatic heterocycles. The molecular weight excluding hydrogens is 357 g/mol. The second-order valence-corrected chi connectivity index (χ2v) is 7.41. The molecule has 3 aliphatic rings. The van der Waals surface area contributed by atoms with Crippen LogP contribution in [0.4, 0.5) is 0 Å². The van der Waals surface area contributed by atoms with Crippen LogP contribution in [0.2, 0.25) is 0 Å². The minimum Gasteiger partial charge on any atom is -0.493 e. The maximum atomic E-state index is 6.12. The summed E-state index contributed by atoms with van der Waals surface area (Å²) in [5.74, 6) is 1.71. The molecule has 2 heterocycles. The van der Waals surface area contributed by atoms with Crippen LogP contribution in [0.5, 0.6) is 5.75 Å². The Hall–Kier alpha value is -0.520. The minimum absolute atomic E-state index is 0. The first kappa shape index (κ1) is 20.8. The Bertz CT molecular complexity index is 527. The van der Waals surface area contributed by atoms with Gasteiger partial charge < -0.3 is 15.4 Å². The summed E-state index contributed by atoms with van der Waals surface area (Å²) in [6.07, 6.45) is 5.29. The summed E-state index contributed by atoms with van der Waals surface area (Å²) in [7, 11) is 0. The summed E-state index contributed by atoms with van der Waals surface area (Å²) < 4.78 is 6.12. The van der Waals surface area contributed by atoms with Crippen molar-refractivity contribution in [1.29, 1.82) is 0 Å². The van der Waals surface area contributed by atoms with Gasteiger partial charge in [0.05, 0.1) is 6.61 Å². The van der Waals surface area contributed by atoms with Crippen LogP contribution >= 0.6 is 24.8 Å². The van der Waals surface area contributed by atoms with Gasteiger partial charge in [0.1, 0.15) is 5.75 Å². The Morgan fingerprint density at radius 2 is 2.04 bits per heavy atom. The van der Waals surface area contributed by atoms with Crippen molar-refractivity contribution in [3.8, 4) is 5.75 Å². The second-order valence-electron chi connectivity index (χ2n) is 7.41. The lowest BCUT2D eigenvalue weighted by atomic mass is 9.92. The molecule has 2 atom stereocenters. The van der Waals surface area contributed by atoms with Crippen LogP contribution < -0.4 is 15.4 Å². The van der Waals surface area contributed by atoms with Gasteiger partial charge in [-0.2, -0.15) is 0 Å². The quantitative estimate of drug-likeness (QED) is 0.786. The molecule has 6 heteroatoms. The first-order valence-electron chi connectivity index (χ1n) is 9.27. The molecule has 0 amide bonds. The average molecular weight is 388 g/mol. The van der Waals surface area contributed by atoms with Gasteiger partial charge in [-0.3, -0.25) is 4.90 Å². The predicted molar refractivity (Wildman–Crippen MR) is 107 cm³/mol. The van der Waals surface area contributed by atoms with Crippen LogP contribution in [0.25, 0.3) is 0 Å². The zero-order valence-corrected chi connectivity index (χ0v) is 16.4. The number of halogens is 2. The molecule has 3 fully saturated rings. The minimum atomic E-state index is 0. The maximum Gasteiger partial charge on any atom is 0.119 e. The fourth-order valence-electron chi connectivity index (χ4n) is 3.82. The molecule has 1 aliphatic carbocycles. The average Bonchev–Trinajstić information content (AvgIpc) is 3.43. The van der Waals surface area contributed by atoms with Gasteiger partial charge in [-0.25, -0.2) is 0 Å². The van der Waals surface area contributed by atoms with E-state index in [9.17, 15) is 0 Å². The molecular formula is C19H31Cl2N3O. The number of nitrogens with zero attached hydrogens (tertiary/aromatic N) is 1. The lowest BCUT2D eigenvalue weighted by Gasteiger charge is -2.42. The van der Waals surface area contributed by atoms with Crippen LogP contribution in [0.3, 0.4) is 0 Å². The van der Waals surface area contributed by atoms with Gasteiger partial charge in [-0.05, 0) is 43.4 Å². The lowest BCUT2D eigenvalue weighted by Crippen LogP contribution is -2.55. The van der Waals surface area contributed by atoms with Crippen molar-refractivity contribution in [2.45, 2.75) is 44.3 Å². The van der Waals surface area contributed by atoms with E-state index in [1.807, 2.05) is 0 Å². The topological polar surface area (TPSA) is 36.5 Å². The van der Waals surface area contributed by atoms with Crippen molar-refractivity contribution in [2.75, 3.05) is 32.8 Å². The van der Waals surface area contributed by atoms with E-state index in [-0.39, 0.29) is 24.8 Å². The standard InChI is InChI=1S/C19H29N3O.2ClH/c1-2-15(11-21-17-5-6-17)10-19(3-1)23-14-16-4-7-18-12-20-8-9-22(18)13-16;;/h1-3,10,16-18,20-21H,4-9,11-14H2;2*1H/t16-,18+;;/m1../s1. The molecule has 0 radical (unpaired) electrons. The third kappa shape index (κ3) is 6.00.